The third kappa shape index (κ3) is 3.67. The summed E-state index contributed by atoms with van der Waals surface area (Å²) in [4.78, 5) is 0. The van der Waals surface area contributed by atoms with Gasteiger partial charge in [-0.15, -0.1) is 17.9 Å². The van der Waals surface area contributed by atoms with Gasteiger partial charge in [-0.25, -0.2) is 0 Å². The normalized spacial score (nSPS) is 6.67. The van der Waals surface area contributed by atoms with E-state index in [1.807, 2.05) is 0 Å². The van der Waals surface area contributed by atoms with Crippen LogP contribution in [0.2, 0.25) is 0 Å². The number of rotatable bonds is 2. The minimum atomic E-state index is 0.851. The standard InChI is InChI=1S/C4H7NS/c1-2-3-6-4-5/h2,5-6H,1,3H2. The molecule has 0 atom stereocenters. The van der Waals surface area contributed by atoms with Crippen molar-refractivity contribution in [1.29, 1.82) is 5.41 Å². The van der Waals surface area contributed by atoms with Crippen molar-refractivity contribution in [2.45, 2.75) is 0 Å². The lowest BCUT2D eigenvalue weighted by Gasteiger charge is -1.66. The van der Waals surface area contributed by atoms with E-state index >= 15 is 0 Å². The maximum atomic E-state index is 6.40. The molecule has 0 spiro atoms. The van der Waals surface area contributed by atoms with Gasteiger partial charge < -0.3 is 0 Å². The van der Waals surface area contributed by atoms with E-state index in [2.05, 4.69) is 11.7 Å². The number of isothiocyanates is 1. The quantitative estimate of drug-likeness (QED) is 0.225. The highest BCUT2D eigenvalue weighted by molar-refractivity contribution is 7.97. The summed E-state index contributed by atoms with van der Waals surface area (Å²) in [5, 5.41) is 8.62. The van der Waals surface area contributed by atoms with Crippen molar-refractivity contribution < 1.29 is 0 Å². The molecule has 0 aliphatic rings. The monoisotopic (exact) mass is 101 g/mol. The molecule has 0 aliphatic carbocycles. The van der Waals surface area contributed by atoms with E-state index in [0.29, 0.717) is 0 Å². The van der Waals surface area contributed by atoms with Crippen LogP contribution < -0.4 is 0 Å². The van der Waals surface area contributed by atoms with Gasteiger partial charge in [0.1, 0.15) is 0 Å². The van der Waals surface area contributed by atoms with Gasteiger partial charge in [0.05, 0.1) is 0 Å². The highest BCUT2D eigenvalue weighted by atomic mass is 32.1. The van der Waals surface area contributed by atoms with Crippen molar-refractivity contribution in [3.05, 3.63) is 12.7 Å². The van der Waals surface area contributed by atoms with Gasteiger partial charge in [0.2, 0.25) is 0 Å². The second-order valence-electron chi connectivity index (χ2n) is 0.741. The van der Waals surface area contributed by atoms with E-state index in [4.69, 9.17) is 5.41 Å². The molecule has 1 N–H and O–H groups in total. The number of nitrogens with one attached hydrogen (secondary N) is 1. The maximum Gasteiger partial charge on any atom is 0.0116 e. The van der Waals surface area contributed by atoms with Gasteiger partial charge in [-0.3, -0.25) is 5.41 Å². The number of thiol groups is 1. The van der Waals surface area contributed by atoms with E-state index in [1.165, 1.54) is 0 Å². The van der Waals surface area contributed by atoms with Gasteiger partial charge in [-0.1, -0.05) is 6.08 Å². The van der Waals surface area contributed by atoms with Crippen molar-refractivity contribution in [1.82, 2.24) is 0 Å². The average Bonchev–Trinajstić information content (AvgIpc) is 1.61. The molecule has 0 unspecified atom stereocenters. The second-order valence-corrected chi connectivity index (χ2v) is 1.65. The number of hydrogen-bond donors (Lipinski definition) is 2. The molecule has 0 heterocycles. The third-order valence-corrected chi connectivity index (χ3v) is 0.898. The van der Waals surface area contributed by atoms with Crippen LogP contribution in [0.4, 0.5) is 0 Å². The molecule has 0 aromatic rings. The zero-order valence-electron chi connectivity index (χ0n) is 3.44. The topological polar surface area (TPSA) is 23.9 Å². The van der Waals surface area contributed by atoms with Gasteiger partial charge in [0, 0.05) is 10.9 Å². The predicted octanol–water partition coefficient (Wildman–Crippen LogP) is 1.12. The lowest BCUT2D eigenvalue weighted by atomic mass is 10.8. The predicted molar refractivity (Wildman–Crippen MR) is 31.8 cm³/mol. The number of hydrogen-bond acceptors (Lipinski definition) is 1. The Kier molecular flexibility index (Phi) is 4.41. The van der Waals surface area contributed by atoms with Gasteiger partial charge >= 0.3 is 0 Å². The third-order valence-electron chi connectivity index (χ3n) is 0.299. The lowest BCUT2D eigenvalue weighted by molar-refractivity contribution is 1.60. The maximum absolute atomic E-state index is 6.40. The van der Waals surface area contributed by atoms with Crippen molar-refractivity contribution in [3.63, 3.8) is 0 Å². The minimum Gasteiger partial charge on any atom is -0.253 e. The highest BCUT2D eigenvalue weighted by Crippen LogP contribution is 1.77. The molecule has 34 valence electrons. The Bertz CT molecular complexity index is 81.5. The van der Waals surface area contributed by atoms with E-state index < -0.39 is 0 Å². The molecule has 0 radical (unpaired) electrons. The van der Waals surface area contributed by atoms with Crippen LogP contribution in [0.5, 0.6) is 0 Å². The Labute approximate surface area is 41.2 Å². The molecule has 0 bridgehead atoms. The molecular weight excluding hydrogens is 94.1 g/mol. The van der Waals surface area contributed by atoms with Gasteiger partial charge in [0.15, 0.2) is 0 Å². The Balaban J connectivity index is 3.07. The zero-order chi connectivity index (χ0) is 4.83. The largest absolute Gasteiger partial charge is 0.253 e. The Morgan fingerprint density at radius 2 is 2.67 bits per heavy atom. The average molecular weight is 101 g/mol. The summed E-state index contributed by atoms with van der Waals surface area (Å²) < 4.78 is 0. The molecule has 0 rings (SSSR count). The molecule has 0 amide bonds. The minimum absolute atomic E-state index is 0.851. The molecule has 1 nitrogen and oxygen atoms in total. The summed E-state index contributed by atoms with van der Waals surface area (Å²) >= 11 is 0.910. The molecule has 0 aliphatic heterocycles. The Hall–Kier alpha value is -0.330. The van der Waals surface area contributed by atoms with Gasteiger partial charge in [0.25, 0.3) is 0 Å². The van der Waals surface area contributed by atoms with Gasteiger partial charge in [-0.05, 0) is 0 Å². The summed E-state index contributed by atoms with van der Waals surface area (Å²) in [6.07, 6.45) is 1.77. The fraction of sp³-hybridized carbons (Fsp3) is 0.250. The summed E-state index contributed by atoms with van der Waals surface area (Å²) in [5.74, 6) is 0.851. The van der Waals surface area contributed by atoms with E-state index in [0.717, 1.165) is 17.1 Å². The first kappa shape index (κ1) is 5.67. The summed E-state index contributed by atoms with van der Waals surface area (Å²) in [5.41, 5.74) is 0. The molecule has 6 heavy (non-hydrogen) atoms. The van der Waals surface area contributed by atoms with Crippen LogP contribution in [-0.4, -0.2) is 10.9 Å². The zero-order valence-corrected chi connectivity index (χ0v) is 4.33. The Morgan fingerprint density at radius 3 is 2.83 bits per heavy atom. The fourth-order valence-electron chi connectivity index (χ4n) is 0.110. The van der Waals surface area contributed by atoms with Crippen LogP contribution in [0.3, 0.4) is 0 Å². The SMILES string of the molecule is C=CC[SH]=C=N. The molecule has 2 heteroatoms. The summed E-state index contributed by atoms with van der Waals surface area (Å²) in [6, 6.07) is 0. The smallest absolute Gasteiger partial charge is 0.0116 e. The molecule has 0 fully saturated rings. The van der Waals surface area contributed by atoms with Crippen molar-refractivity contribution in [3.8, 4) is 0 Å². The van der Waals surface area contributed by atoms with Crippen LogP contribution in [0.25, 0.3) is 0 Å². The van der Waals surface area contributed by atoms with E-state index in [1.54, 1.807) is 6.08 Å². The van der Waals surface area contributed by atoms with Crippen molar-refractivity contribution in [2.75, 3.05) is 5.75 Å². The first-order chi connectivity index (χ1) is 2.91. The fourth-order valence-corrected chi connectivity index (χ4v) is 0.331. The first-order valence-electron chi connectivity index (χ1n) is 1.61. The molecule has 0 saturated carbocycles. The summed E-state index contributed by atoms with van der Waals surface area (Å²) in [6.45, 7) is 3.47. The lowest BCUT2D eigenvalue weighted by Crippen LogP contribution is -1.53. The first-order valence-corrected chi connectivity index (χ1v) is 2.69. The van der Waals surface area contributed by atoms with E-state index in [-0.39, 0.29) is 0 Å². The van der Waals surface area contributed by atoms with Crippen molar-refractivity contribution in [2.24, 2.45) is 0 Å². The molecule has 0 aromatic heterocycles. The van der Waals surface area contributed by atoms with Crippen LogP contribution >= 0.6 is 11.4 Å². The molecular formula is C4H7NS. The van der Waals surface area contributed by atoms with Crippen LogP contribution in [0, 0.1) is 5.41 Å². The van der Waals surface area contributed by atoms with Crippen molar-refractivity contribution >= 4 is 16.5 Å². The van der Waals surface area contributed by atoms with Crippen LogP contribution in [-0.2, 0) is 0 Å². The second kappa shape index (κ2) is 4.67. The Morgan fingerprint density at radius 1 is 2.00 bits per heavy atom. The van der Waals surface area contributed by atoms with Crippen LogP contribution in [0.1, 0.15) is 0 Å². The van der Waals surface area contributed by atoms with Gasteiger partial charge in [-0.2, -0.15) is 0 Å². The molecule has 0 aromatic carbocycles. The highest BCUT2D eigenvalue weighted by Gasteiger charge is 1.55. The van der Waals surface area contributed by atoms with Crippen LogP contribution in [0.15, 0.2) is 12.7 Å². The van der Waals surface area contributed by atoms with E-state index in [9.17, 15) is 0 Å². The molecule has 0 saturated heterocycles. The summed E-state index contributed by atoms with van der Waals surface area (Å²) in [7, 11) is 0.